The van der Waals surface area contributed by atoms with Gasteiger partial charge in [-0.25, -0.2) is 0 Å². The van der Waals surface area contributed by atoms with Gasteiger partial charge in [0.25, 0.3) is 0 Å². The highest BCUT2D eigenvalue weighted by Crippen LogP contribution is 2.23. The van der Waals surface area contributed by atoms with Crippen LogP contribution in [-0.2, 0) is 4.79 Å². The molecule has 1 aliphatic rings. The fraction of sp³-hybridized carbons (Fsp3) is 0.417. The first kappa shape index (κ1) is 11.7. The largest absolute Gasteiger partial charge is 0.397 e. The average Bonchev–Trinajstić information content (AvgIpc) is 2.39. The zero-order valence-corrected chi connectivity index (χ0v) is 9.80. The lowest BCUT2D eigenvalue weighted by Gasteiger charge is -2.36. The molecule has 1 aromatic rings. The third-order valence-corrected chi connectivity index (χ3v) is 3.08. The summed E-state index contributed by atoms with van der Waals surface area (Å²) in [7, 11) is 0. The topological polar surface area (TPSA) is 75.6 Å². The van der Waals surface area contributed by atoms with Crippen molar-refractivity contribution in [2.24, 2.45) is 5.73 Å². The Balaban J connectivity index is 2.00. The molecule has 0 aromatic heterocycles. The van der Waals surface area contributed by atoms with Gasteiger partial charge in [-0.15, -0.1) is 0 Å². The normalized spacial score (nSPS) is 16.1. The number of nitrogen functional groups attached to an aromatic ring is 1. The molecule has 0 saturated carbocycles. The first-order chi connectivity index (χ1) is 8.22. The Morgan fingerprint density at radius 1 is 1.18 bits per heavy atom. The number of benzene rings is 1. The molecule has 1 fully saturated rings. The fourth-order valence-electron chi connectivity index (χ4n) is 2.10. The Labute approximate surface area is 101 Å². The molecule has 92 valence electrons. The van der Waals surface area contributed by atoms with Crippen molar-refractivity contribution in [1.82, 2.24) is 4.90 Å². The number of piperazine rings is 1. The number of carbonyl (C=O) groups is 1. The van der Waals surface area contributed by atoms with Crippen molar-refractivity contribution >= 4 is 17.3 Å². The molecule has 1 aliphatic heterocycles. The molecule has 1 heterocycles. The second-order valence-electron chi connectivity index (χ2n) is 4.13. The maximum atomic E-state index is 11.4. The van der Waals surface area contributed by atoms with Gasteiger partial charge < -0.3 is 21.3 Å². The Morgan fingerprint density at radius 2 is 1.82 bits per heavy atom. The summed E-state index contributed by atoms with van der Waals surface area (Å²) in [4.78, 5) is 15.4. The van der Waals surface area contributed by atoms with Crippen LogP contribution >= 0.6 is 0 Å². The zero-order chi connectivity index (χ0) is 12.3. The van der Waals surface area contributed by atoms with E-state index < -0.39 is 0 Å². The Bertz CT molecular complexity index is 399. The summed E-state index contributed by atoms with van der Waals surface area (Å²) in [6.07, 6.45) is 0. The summed E-state index contributed by atoms with van der Waals surface area (Å²) >= 11 is 0. The van der Waals surface area contributed by atoms with Crippen LogP contribution in [0.25, 0.3) is 0 Å². The van der Waals surface area contributed by atoms with Gasteiger partial charge in [-0.3, -0.25) is 4.79 Å². The van der Waals surface area contributed by atoms with Gasteiger partial charge in [-0.2, -0.15) is 0 Å². The molecule has 0 bridgehead atoms. The molecular formula is C12H18N4O. The van der Waals surface area contributed by atoms with Crippen LogP contribution in [0.2, 0.25) is 0 Å². The second kappa shape index (κ2) is 5.05. The smallest absolute Gasteiger partial charge is 0.236 e. The molecular weight excluding hydrogens is 216 g/mol. The Morgan fingerprint density at radius 3 is 2.41 bits per heavy atom. The number of anilines is 2. The van der Waals surface area contributed by atoms with E-state index in [1.165, 1.54) is 0 Å². The number of hydrogen-bond acceptors (Lipinski definition) is 4. The highest BCUT2D eigenvalue weighted by molar-refractivity contribution is 5.78. The molecule has 2 rings (SSSR count). The third-order valence-electron chi connectivity index (χ3n) is 3.08. The minimum absolute atomic E-state index is 0.0192. The van der Waals surface area contributed by atoms with Crippen LogP contribution in [0.1, 0.15) is 0 Å². The van der Waals surface area contributed by atoms with Gasteiger partial charge in [0.15, 0.2) is 0 Å². The van der Waals surface area contributed by atoms with Gasteiger partial charge in [-0.1, -0.05) is 12.1 Å². The fourth-order valence-corrected chi connectivity index (χ4v) is 2.10. The van der Waals surface area contributed by atoms with E-state index in [0.29, 0.717) is 13.1 Å². The maximum Gasteiger partial charge on any atom is 0.236 e. The monoisotopic (exact) mass is 234 g/mol. The van der Waals surface area contributed by atoms with E-state index >= 15 is 0 Å². The number of nitrogens with zero attached hydrogens (tertiary/aromatic N) is 2. The number of para-hydroxylation sites is 2. The van der Waals surface area contributed by atoms with E-state index in [-0.39, 0.29) is 12.5 Å². The summed E-state index contributed by atoms with van der Waals surface area (Å²) < 4.78 is 0. The molecule has 0 unspecified atom stereocenters. The molecule has 1 aromatic carbocycles. The first-order valence-electron chi connectivity index (χ1n) is 5.79. The van der Waals surface area contributed by atoms with Crippen molar-refractivity contribution in [3.63, 3.8) is 0 Å². The van der Waals surface area contributed by atoms with Gasteiger partial charge >= 0.3 is 0 Å². The van der Waals surface area contributed by atoms with Crippen LogP contribution < -0.4 is 16.4 Å². The first-order valence-corrected chi connectivity index (χ1v) is 5.79. The molecule has 5 heteroatoms. The van der Waals surface area contributed by atoms with Crippen molar-refractivity contribution in [3.05, 3.63) is 24.3 Å². The number of carbonyl (C=O) groups excluding carboxylic acids is 1. The van der Waals surface area contributed by atoms with Crippen LogP contribution in [-0.4, -0.2) is 43.5 Å². The summed E-state index contributed by atoms with van der Waals surface area (Å²) in [5, 5.41) is 0. The van der Waals surface area contributed by atoms with Crippen molar-refractivity contribution in [3.8, 4) is 0 Å². The maximum absolute atomic E-state index is 11.4. The molecule has 0 radical (unpaired) electrons. The van der Waals surface area contributed by atoms with E-state index in [2.05, 4.69) is 4.90 Å². The molecule has 5 nitrogen and oxygen atoms in total. The lowest BCUT2D eigenvalue weighted by atomic mass is 10.2. The van der Waals surface area contributed by atoms with Crippen LogP contribution in [0.5, 0.6) is 0 Å². The van der Waals surface area contributed by atoms with Crippen molar-refractivity contribution < 1.29 is 4.79 Å². The van der Waals surface area contributed by atoms with Crippen LogP contribution in [0.3, 0.4) is 0 Å². The molecule has 1 saturated heterocycles. The minimum atomic E-state index is 0.0192. The van der Waals surface area contributed by atoms with Crippen molar-refractivity contribution in [2.45, 2.75) is 0 Å². The summed E-state index contributed by atoms with van der Waals surface area (Å²) in [6, 6.07) is 7.80. The average molecular weight is 234 g/mol. The highest BCUT2D eigenvalue weighted by Gasteiger charge is 2.20. The van der Waals surface area contributed by atoms with Crippen molar-refractivity contribution in [2.75, 3.05) is 43.4 Å². The summed E-state index contributed by atoms with van der Waals surface area (Å²) in [5.74, 6) is 0.0192. The standard InChI is InChI=1S/C12H18N4O/c13-9-12(17)16-7-5-15(6-8-16)11-4-2-1-3-10(11)14/h1-4H,5-9,13-14H2. The number of nitrogens with two attached hydrogens (primary N) is 2. The van der Waals surface area contributed by atoms with E-state index in [0.717, 1.165) is 24.5 Å². The van der Waals surface area contributed by atoms with Crippen LogP contribution in [0, 0.1) is 0 Å². The molecule has 4 N–H and O–H groups in total. The quantitative estimate of drug-likeness (QED) is 0.699. The summed E-state index contributed by atoms with van der Waals surface area (Å²) in [5.41, 5.74) is 13.1. The van der Waals surface area contributed by atoms with Gasteiger partial charge in [-0.05, 0) is 12.1 Å². The number of hydrogen-bond donors (Lipinski definition) is 2. The van der Waals surface area contributed by atoms with Crippen molar-refractivity contribution in [1.29, 1.82) is 0 Å². The lowest BCUT2D eigenvalue weighted by molar-refractivity contribution is -0.129. The Kier molecular flexibility index (Phi) is 3.49. The predicted molar refractivity (Wildman–Crippen MR) is 68.7 cm³/mol. The van der Waals surface area contributed by atoms with E-state index in [9.17, 15) is 4.79 Å². The van der Waals surface area contributed by atoms with Gasteiger partial charge in [0.1, 0.15) is 0 Å². The SMILES string of the molecule is NCC(=O)N1CCN(c2ccccc2N)CC1. The Hall–Kier alpha value is -1.75. The van der Waals surface area contributed by atoms with Gasteiger partial charge in [0.2, 0.25) is 5.91 Å². The van der Waals surface area contributed by atoms with E-state index in [1.54, 1.807) is 4.90 Å². The molecule has 1 amide bonds. The molecule has 17 heavy (non-hydrogen) atoms. The molecule has 0 aliphatic carbocycles. The molecule has 0 atom stereocenters. The lowest BCUT2D eigenvalue weighted by Crippen LogP contribution is -2.50. The third kappa shape index (κ3) is 2.50. The highest BCUT2D eigenvalue weighted by atomic mass is 16.2. The second-order valence-corrected chi connectivity index (χ2v) is 4.13. The minimum Gasteiger partial charge on any atom is -0.397 e. The van der Waals surface area contributed by atoms with Crippen LogP contribution in [0.15, 0.2) is 24.3 Å². The number of amides is 1. The van der Waals surface area contributed by atoms with E-state index in [4.69, 9.17) is 11.5 Å². The van der Waals surface area contributed by atoms with Gasteiger partial charge in [0.05, 0.1) is 17.9 Å². The van der Waals surface area contributed by atoms with Gasteiger partial charge in [0, 0.05) is 26.2 Å². The van der Waals surface area contributed by atoms with E-state index in [1.807, 2.05) is 24.3 Å². The summed E-state index contributed by atoms with van der Waals surface area (Å²) in [6.45, 7) is 3.13. The predicted octanol–water partition coefficient (Wildman–Crippen LogP) is -0.124. The molecule has 0 spiro atoms. The van der Waals surface area contributed by atoms with Crippen LogP contribution in [0.4, 0.5) is 11.4 Å². The zero-order valence-electron chi connectivity index (χ0n) is 9.80. The number of rotatable bonds is 2.